The van der Waals surface area contributed by atoms with E-state index in [9.17, 15) is 13.2 Å². The lowest BCUT2D eigenvalue weighted by atomic mass is 10.2. The first-order valence-electron chi connectivity index (χ1n) is 7.37. The van der Waals surface area contributed by atoms with E-state index in [-0.39, 0.29) is 0 Å². The quantitative estimate of drug-likeness (QED) is 0.657. The molecule has 0 radical (unpaired) electrons. The third-order valence-electron chi connectivity index (χ3n) is 3.82. The van der Waals surface area contributed by atoms with Gasteiger partial charge in [0.2, 0.25) is 5.89 Å². The van der Waals surface area contributed by atoms with Crippen molar-refractivity contribution in [2.45, 2.75) is 32.6 Å². The number of alkyl halides is 3. The molecule has 1 aromatic rings. The van der Waals surface area contributed by atoms with E-state index in [4.69, 9.17) is 4.52 Å². The summed E-state index contributed by atoms with van der Waals surface area (Å²) in [6, 6.07) is -1.43. The van der Waals surface area contributed by atoms with Gasteiger partial charge in [0.15, 0.2) is 11.8 Å². The maximum atomic E-state index is 12.8. The minimum Gasteiger partial charge on any atom is -0.349 e. The van der Waals surface area contributed by atoms with Crippen molar-refractivity contribution in [2.24, 2.45) is 4.99 Å². The fourth-order valence-corrected chi connectivity index (χ4v) is 2.43. The standard InChI is InChI=1S/C13H21F3N6O/c1-9(13(14,15)16)21-4-6-22(7-5-21)12(17-3)18-8-11-19-10(2)23-20-11/h9H,4-8H2,1-3H3,(H,17,18). The first kappa shape index (κ1) is 17.5. The molecule has 1 aromatic heterocycles. The molecule has 1 atom stereocenters. The number of aryl methyl sites for hydroxylation is 1. The molecule has 1 aliphatic heterocycles. The molecular weight excluding hydrogens is 313 g/mol. The normalized spacial score (nSPS) is 19.0. The average molecular weight is 334 g/mol. The van der Waals surface area contributed by atoms with Crippen molar-refractivity contribution in [3.63, 3.8) is 0 Å². The number of halogens is 3. The summed E-state index contributed by atoms with van der Waals surface area (Å²) in [6.07, 6.45) is -4.20. The predicted octanol–water partition coefficient (Wildman–Crippen LogP) is 1.02. The molecule has 2 rings (SSSR count). The van der Waals surface area contributed by atoms with Gasteiger partial charge in [-0.25, -0.2) is 0 Å². The number of hydrogen-bond donors (Lipinski definition) is 1. The highest BCUT2D eigenvalue weighted by molar-refractivity contribution is 5.79. The molecule has 10 heteroatoms. The van der Waals surface area contributed by atoms with Crippen LogP contribution in [0.2, 0.25) is 0 Å². The smallest absolute Gasteiger partial charge is 0.349 e. The van der Waals surface area contributed by atoms with Crippen LogP contribution >= 0.6 is 0 Å². The zero-order valence-corrected chi connectivity index (χ0v) is 13.4. The third kappa shape index (κ3) is 4.57. The number of hydrogen-bond acceptors (Lipinski definition) is 5. The lowest BCUT2D eigenvalue weighted by Gasteiger charge is -2.39. The summed E-state index contributed by atoms with van der Waals surface area (Å²) in [5.41, 5.74) is 0. The van der Waals surface area contributed by atoms with Gasteiger partial charge in [0.25, 0.3) is 0 Å². The van der Waals surface area contributed by atoms with Gasteiger partial charge in [0, 0.05) is 40.2 Å². The van der Waals surface area contributed by atoms with Crippen LogP contribution in [0, 0.1) is 6.92 Å². The first-order chi connectivity index (χ1) is 10.8. The minimum absolute atomic E-state index is 0.336. The molecule has 1 N–H and O–H groups in total. The number of nitrogens with one attached hydrogen (secondary N) is 1. The topological polar surface area (TPSA) is 69.8 Å². The lowest BCUT2D eigenvalue weighted by molar-refractivity contribution is -0.181. The second-order valence-corrected chi connectivity index (χ2v) is 5.37. The number of aliphatic imine (C=N–C) groups is 1. The van der Waals surface area contributed by atoms with E-state index < -0.39 is 12.2 Å². The van der Waals surface area contributed by atoms with Crippen molar-refractivity contribution in [1.29, 1.82) is 0 Å². The predicted molar refractivity (Wildman–Crippen MR) is 77.9 cm³/mol. The second kappa shape index (κ2) is 7.16. The fourth-order valence-electron chi connectivity index (χ4n) is 2.43. The molecule has 1 aliphatic rings. The van der Waals surface area contributed by atoms with Crippen molar-refractivity contribution in [2.75, 3.05) is 33.2 Å². The van der Waals surface area contributed by atoms with E-state index in [0.29, 0.717) is 50.4 Å². The van der Waals surface area contributed by atoms with E-state index in [1.165, 1.54) is 11.8 Å². The number of piperazine rings is 1. The molecule has 0 aromatic carbocycles. The third-order valence-corrected chi connectivity index (χ3v) is 3.82. The van der Waals surface area contributed by atoms with E-state index in [0.717, 1.165) is 0 Å². The Kier molecular flexibility index (Phi) is 5.45. The van der Waals surface area contributed by atoms with Crippen molar-refractivity contribution >= 4 is 5.96 Å². The van der Waals surface area contributed by atoms with Crippen LogP contribution < -0.4 is 5.32 Å². The lowest BCUT2D eigenvalue weighted by Crippen LogP contribution is -2.56. The second-order valence-electron chi connectivity index (χ2n) is 5.37. The van der Waals surface area contributed by atoms with E-state index >= 15 is 0 Å². The SMILES string of the molecule is CN=C(NCc1noc(C)n1)N1CCN(C(C)C(F)(F)F)CC1. The van der Waals surface area contributed by atoms with Gasteiger partial charge in [-0.05, 0) is 6.92 Å². The largest absolute Gasteiger partial charge is 0.403 e. The van der Waals surface area contributed by atoms with Crippen molar-refractivity contribution in [3.8, 4) is 0 Å². The van der Waals surface area contributed by atoms with Crippen LogP contribution in [0.15, 0.2) is 9.52 Å². The summed E-state index contributed by atoms with van der Waals surface area (Å²) >= 11 is 0. The Morgan fingerprint density at radius 1 is 1.35 bits per heavy atom. The van der Waals surface area contributed by atoms with Crippen molar-refractivity contribution < 1.29 is 17.7 Å². The molecule has 7 nitrogen and oxygen atoms in total. The fraction of sp³-hybridized carbons (Fsp3) is 0.769. The highest BCUT2D eigenvalue weighted by Crippen LogP contribution is 2.25. The molecule has 1 saturated heterocycles. The molecule has 1 fully saturated rings. The zero-order valence-electron chi connectivity index (χ0n) is 13.4. The summed E-state index contributed by atoms with van der Waals surface area (Å²) < 4.78 is 43.1. The molecule has 0 bridgehead atoms. The zero-order chi connectivity index (χ0) is 17.0. The summed E-state index contributed by atoms with van der Waals surface area (Å²) in [5, 5.41) is 6.87. The molecule has 23 heavy (non-hydrogen) atoms. The summed E-state index contributed by atoms with van der Waals surface area (Å²) in [6.45, 7) is 4.87. The number of guanidine groups is 1. The van der Waals surface area contributed by atoms with Crippen LogP contribution in [0.3, 0.4) is 0 Å². The van der Waals surface area contributed by atoms with Gasteiger partial charge in [-0.3, -0.25) is 9.89 Å². The van der Waals surface area contributed by atoms with E-state index in [1.54, 1.807) is 14.0 Å². The van der Waals surface area contributed by atoms with Crippen LogP contribution in [-0.2, 0) is 6.54 Å². The maximum absolute atomic E-state index is 12.8. The molecule has 1 unspecified atom stereocenters. The van der Waals surface area contributed by atoms with Crippen LogP contribution in [-0.4, -0.2) is 71.3 Å². The molecule has 0 spiro atoms. The Balaban J connectivity index is 1.85. The van der Waals surface area contributed by atoms with Crippen LogP contribution in [0.25, 0.3) is 0 Å². The molecule has 130 valence electrons. The van der Waals surface area contributed by atoms with Crippen molar-refractivity contribution in [3.05, 3.63) is 11.7 Å². The number of aromatic nitrogens is 2. The van der Waals surface area contributed by atoms with Crippen LogP contribution in [0.5, 0.6) is 0 Å². The number of rotatable bonds is 3. The van der Waals surface area contributed by atoms with E-state index in [2.05, 4.69) is 20.4 Å². The van der Waals surface area contributed by atoms with Gasteiger partial charge in [-0.1, -0.05) is 5.16 Å². The monoisotopic (exact) mass is 334 g/mol. The highest BCUT2D eigenvalue weighted by Gasteiger charge is 2.41. The Morgan fingerprint density at radius 2 is 2.00 bits per heavy atom. The minimum atomic E-state index is -4.20. The Labute approximate surface area is 132 Å². The molecule has 0 amide bonds. The van der Waals surface area contributed by atoms with E-state index in [1.807, 2.05) is 4.90 Å². The maximum Gasteiger partial charge on any atom is 0.403 e. The summed E-state index contributed by atoms with van der Waals surface area (Å²) in [5.74, 6) is 1.60. The molecule has 0 aliphatic carbocycles. The molecule has 0 saturated carbocycles. The molecule has 2 heterocycles. The van der Waals surface area contributed by atoms with Gasteiger partial charge < -0.3 is 14.7 Å². The summed E-state index contributed by atoms with van der Waals surface area (Å²) in [4.78, 5) is 11.6. The van der Waals surface area contributed by atoms with Crippen LogP contribution in [0.1, 0.15) is 18.6 Å². The van der Waals surface area contributed by atoms with Gasteiger partial charge in [-0.2, -0.15) is 18.2 Å². The number of nitrogens with zero attached hydrogens (tertiary/aromatic N) is 5. The Morgan fingerprint density at radius 3 is 2.48 bits per heavy atom. The van der Waals surface area contributed by atoms with Gasteiger partial charge in [-0.15, -0.1) is 0 Å². The highest BCUT2D eigenvalue weighted by atomic mass is 19.4. The molecular formula is C13H21F3N6O. The van der Waals surface area contributed by atoms with Crippen LogP contribution in [0.4, 0.5) is 13.2 Å². The van der Waals surface area contributed by atoms with Gasteiger partial charge in [0.05, 0.1) is 6.54 Å². The Bertz CT molecular complexity index is 536. The van der Waals surface area contributed by atoms with Gasteiger partial charge in [0.1, 0.15) is 6.04 Å². The average Bonchev–Trinajstić information content (AvgIpc) is 2.92. The van der Waals surface area contributed by atoms with Crippen molar-refractivity contribution in [1.82, 2.24) is 25.3 Å². The Hall–Kier alpha value is -1.84. The first-order valence-corrected chi connectivity index (χ1v) is 7.37. The van der Waals surface area contributed by atoms with Gasteiger partial charge >= 0.3 is 6.18 Å². The summed E-state index contributed by atoms with van der Waals surface area (Å²) in [7, 11) is 1.63.